The molecular weight excluding hydrogens is 363 g/mol. The van der Waals surface area contributed by atoms with E-state index < -0.39 is 0 Å². The van der Waals surface area contributed by atoms with Crippen molar-refractivity contribution in [3.8, 4) is 28.4 Å². The predicted octanol–water partition coefficient (Wildman–Crippen LogP) is 3.09. The number of aromatic nitrogens is 2. The minimum Gasteiger partial charge on any atom is -0.496 e. The van der Waals surface area contributed by atoms with Gasteiger partial charge in [0.15, 0.2) is 11.6 Å². The van der Waals surface area contributed by atoms with Gasteiger partial charge in [0.25, 0.3) is 0 Å². The first kappa shape index (κ1) is 19.2. The number of nitrogens with two attached hydrogens (primary N) is 2. The van der Waals surface area contributed by atoms with Gasteiger partial charge in [-0.15, -0.1) is 0 Å². The molecule has 8 heteroatoms. The highest BCUT2D eigenvalue weighted by molar-refractivity contribution is 5.73. The van der Waals surface area contributed by atoms with Crippen LogP contribution in [0.15, 0.2) is 42.7 Å². The number of rotatable bonds is 7. The van der Waals surface area contributed by atoms with Crippen molar-refractivity contribution < 1.29 is 18.6 Å². The Labute approximate surface area is 162 Å². The number of hydrogen-bond donors (Lipinski definition) is 2. The summed E-state index contributed by atoms with van der Waals surface area (Å²) >= 11 is 0. The second-order valence-electron chi connectivity index (χ2n) is 5.97. The zero-order valence-electron chi connectivity index (χ0n) is 15.6. The standard InChI is InChI=1S/C20H21FN4O3/c1-26-16-4-3-14(21)7-12(16)5-6-28-18-8-13(10-25-20(18)23)15-11-24-19(22)9-17(15)27-2/h3-4,7-11H,5-6H2,1-2H3,(H2,22,24)(H2,23,25). The van der Waals surface area contributed by atoms with Crippen molar-refractivity contribution in [2.75, 3.05) is 32.3 Å². The topological polar surface area (TPSA) is 106 Å². The maximum atomic E-state index is 13.5. The second kappa shape index (κ2) is 8.43. The number of halogens is 1. The van der Waals surface area contributed by atoms with E-state index in [1.54, 1.807) is 37.7 Å². The molecule has 0 saturated carbocycles. The van der Waals surface area contributed by atoms with Crippen LogP contribution < -0.4 is 25.7 Å². The van der Waals surface area contributed by atoms with Gasteiger partial charge >= 0.3 is 0 Å². The van der Waals surface area contributed by atoms with Gasteiger partial charge in [-0.05, 0) is 24.3 Å². The molecule has 3 aromatic rings. The van der Waals surface area contributed by atoms with Crippen LogP contribution in [0.4, 0.5) is 16.0 Å². The number of pyridine rings is 2. The van der Waals surface area contributed by atoms with Crippen LogP contribution in [0.25, 0.3) is 11.1 Å². The van der Waals surface area contributed by atoms with E-state index in [0.29, 0.717) is 40.6 Å². The summed E-state index contributed by atoms with van der Waals surface area (Å²) in [6.45, 7) is 0.270. The van der Waals surface area contributed by atoms with Crippen molar-refractivity contribution in [3.63, 3.8) is 0 Å². The SMILES string of the molecule is COc1ccc(F)cc1CCOc1cc(-c2cnc(N)cc2OC)cnc1N. The van der Waals surface area contributed by atoms with E-state index in [1.165, 1.54) is 19.2 Å². The Morgan fingerprint density at radius 3 is 2.46 bits per heavy atom. The monoisotopic (exact) mass is 384 g/mol. The first-order valence-electron chi connectivity index (χ1n) is 8.52. The lowest BCUT2D eigenvalue weighted by molar-refractivity contribution is 0.319. The highest BCUT2D eigenvalue weighted by Gasteiger charge is 2.12. The fourth-order valence-corrected chi connectivity index (χ4v) is 2.77. The van der Waals surface area contributed by atoms with Crippen LogP contribution in [0.3, 0.4) is 0 Å². The largest absolute Gasteiger partial charge is 0.496 e. The molecule has 4 N–H and O–H groups in total. The van der Waals surface area contributed by atoms with E-state index >= 15 is 0 Å². The van der Waals surface area contributed by atoms with Crippen LogP contribution in [0, 0.1) is 5.82 Å². The summed E-state index contributed by atoms with van der Waals surface area (Å²) in [4.78, 5) is 8.27. The van der Waals surface area contributed by atoms with Crippen molar-refractivity contribution in [2.45, 2.75) is 6.42 Å². The molecule has 0 aliphatic carbocycles. The Bertz CT molecular complexity index is 982. The average Bonchev–Trinajstić information content (AvgIpc) is 2.69. The van der Waals surface area contributed by atoms with E-state index in [9.17, 15) is 4.39 Å². The van der Waals surface area contributed by atoms with Crippen LogP contribution in [0.2, 0.25) is 0 Å². The number of nitrogens with zero attached hydrogens (tertiary/aromatic N) is 2. The molecule has 146 valence electrons. The third-order valence-electron chi connectivity index (χ3n) is 4.17. The molecule has 0 amide bonds. The van der Waals surface area contributed by atoms with Crippen molar-refractivity contribution in [1.82, 2.24) is 9.97 Å². The van der Waals surface area contributed by atoms with Gasteiger partial charge in [0.1, 0.15) is 23.1 Å². The van der Waals surface area contributed by atoms with E-state index in [4.69, 9.17) is 25.7 Å². The third-order valence-corrected chi connectivity index (χ3v) is 4.17. The highest BCUT2D eigenvalue weighted by atomic mass is 19.1. The Balaban J connectivity index is 1.79. The molecule has 0 fully saturated rings. The lowest BCUT2D eigenvalue weighted by Gasteiger charge is -2.13. The van der Waals surface area contributed by atoms with Crippen LogP contribution >= 0.6 is 0 Å². The smallest absolute Gasteiger partial charge is 0.166 e. The summed E-state index contributed by atoms with van der Waals surface area (Å²) in [5.41, 5.74) is 13.8. The molecule has 0 spiro atoms. The molecule has 0 unspecified atom stereocenters. The maximum absolute atomic E-state index is 13.5. The fourth-order valence-electron chi connectivity index (χ4n) is 2.77. The fraction of sp³-hybridized carbons (Fsp3) is 0.200. The molecule has 28 heavy (non-hydrogen) atoms. The zero-order valence-corrected chi connectivity index (χ0v) is 15.6. The molecule has 0 atom stereocenters. The van der Waals surface area contributed by atoms with E-state index in [0.717, 1.165) is 5.56 Å². The minimum atomic E-state index is -0.332. The van der Waals surface area contributed by atoms with Gasteiger partial charge in [-0.2, -0.15) is 0 Å². The van der Waals surface area contributed by atoms with Gasteiger partial charge in [0.2, 0.25) is 0 Å². The van der Waals surface area contributed by atoms with Crippen LogP contribution in [0.1, 0.15) is 5.56 Å². The molecule has 0 bridgehead atoms. The number of anilines is 2. The van der Waals surface area contributed by atoms with Gasteiger partial charge in [-0.3, -0.25) is 0 Å². The van der Waals surface area contributed by atoms with Crippen molar-refractivity contribution >= 4 is 11.6 Å². The van der Waals surface area contributed by atoms with Gasteiger partial charge in [0, 0.05) is 41.6 Å². The summed E-state index contributed by atoms with van der Waals surface area (Å²) in [5, 5.41) is 0. The maximum Gasteiger partial charge on any atom is 0.166 e. The quantitative estimate of drug-likeness (QED) is 0.645. The molecule has 3 rings (SSSR count). The zero-order chi connectivity index (χ0) is 20.1. The van der Waals surface area contributed by atoms with E-state index in [2.05, 4.69) is 9.97 Å². The molecule has 0 saturated heterocycles. The Morgan fingerprint density at radius 1 is 0.929 bits per heavy atom. The molecule has 2 aromatic heterocycles. The first-order valence-corrected chi connectivity index (χ1v) is 8.52. The molecule has 1 aromatic carbocycles. The predicted molar refractivity (Wildman–Crippen MR) is 105 cm³/mol. The van der Waals surface area contributed by atoms with Gasteiger partial charge in [-0.25, -0.2) is 14.4 Å². The average molecular weight is 384 g/mol. The lowest BCUT2D eigenvalue weighted by atomic mass is 10.1. The molecule has 0 aliphatic heterocycles. The first-order chi connectivity index (χ1) is 13.5. The number of methoxy groups -OCH3 is 2. The molecular formula is C20H21FN4O3. The van der Waals surface area contributed by atoms with Crippen molar-refractivity contribution in [2.24, 2.45) is 0 Å². The van der Waals surface area contributed by atoms with Gasteiger partial charge in [0.05, 0.1) is 20.8 Å². The Kier molecular flexibility index (Phi) is 5.78. The number of ether oxygens (including phenoxy) is 3. The second-order valence-corrected chi connectivity index (χ2v) is 5.97. The van der Waals surface area contributed by atoms with Crippen LogP contribution in [0.5, 0.6) is 17.2 Å². The summed E-state index contributed by atoms with van der Waals surface area (Å²) in [7, 11) is 3.09. The van der Waals surface area contributed by atoms with E-state index in [1.807, 2.05) is 0 Å². The summed E-state index contributed by atoms with van der Waals surface area (Å²) in [6.07, 6.45) is 3.65. The lowest BCUT2D eigenvalue weighted by Crippen LogP contribution is -2.06. The summed E-state index contributed by atoms with van der Waals surface area (Å²) in [6, 6.07) is 7.73. The van der Waals surface area contributed by atoms with Gasteiger partial charge < -0.3 is 25.7 Å². The summed E-state index contributed by atoms with van der Waals surface area (Å²) in [5.74, 6) is 1.84. The van der Waals surface area contributed by atoms with Crippen molar-refractivity contribution in [1.29, 1.82) is 0 Å². The molecule has 2 heterocycles. The highest BCUT2D eigenvalue weighted by Crippen LogP contribution is 2.33. The molecule has 0 aliphatic rings. The molecule has 0 radical (unpaired) electrons. The minimum absolute atomic E-state index is 0.248. The van der Waals surface area contributed by atoms with Gasteiger partial charge in [-0.1, -0.05) is 0 Å². The Hall–Kier alpha value is -3.55. The van der Waals surface area contributed by atoms with Crippen LogP contribution in [-0.4, -0.2) is 30.8 Å². The van der Waals surface area contributed by atoms with Crippen molar-refractivity contribution in [3.05, 3.63) is 54.1 Å². The normalized spacial score (nSPS) is 10.5. The summed E-state index contributed by atoms with van der Waals surface area (Å²) < 4.78 is 29.9. The third kappa shape index (κ3) is 4.22. The number of hydrogen-bond acceptors (Lipinski definition) is 7. The number of nitrogen functional groups attached to an aromatic ring is 2. The molecule has 7 nitrogen and oxygen atoms in total. The van der Waals surface area contributed by atoms with E-state index in [-0.39, 0.29) is 18.2 Å². The number of benzene rings is 1. The van der Waals surface area contributed by atoms with Crippen LogP contribution in [-0.2, 0) is 6.42 Å². The Morgan fingerprint density at radius 2 is 1.71 bits per heavy atom.